The van der Waals surface area contributed by atoms with Crippen LogP contribution in [-0.4, -0.2) is 62.5 Å². The number of methoxy groups -OCH3 is 1. The van der Waals surface area contributed by atoms with E-state index in [4.69, 9.17) is 4.74 Å². The molecule has 3 aromatic carbocycles. The van der Waals surface area contributed by atoms with Crippen LogP contribution in [0.2, 0.25) is 0 Å². The Labute approximate surface area is 305 Å². The molecule has 2 amide bonds. The van der Waals surface area contributed by atoms with Gasteiger partial charge in [0, 0.05) is 58.7 Å². The predicted molar refractivity (Wildman–Crippen MR) is 199 cm³/mol. The minimum atomic E-state index is -4.20. The summed E-state index contributed by atoms with van der Waals surface area (Å²) >= 11 is 0. The van der Waals surface area contributed by atoms with Gasteiger partial charge < -0.3 is 19.5 Å². The van der Waals surface area contributed by atoms with Crippen molar-refractivity contribution in [2.24, 2.45) is 5.41 Å². The number of aromatic nitrogens is 1. The molecule has 0 spiro atoms. The van der Waals surface area contributed by atoms with Gasteiger partial charge in [0.25, 0.3) is 5.91 Å². The Morgan fingerprint density at radius 1 is 1.00 bits per heavy atom. The van der Waals surface area contributed by atoms with Crippen LogP contribution >= 0.6 is 0 Å². The topological polar surface area (TPSA) is 110 Å². The molecule has 4 aliphatic rings. The molecule has 0 radical (unpaired) electrons. The number of fused-ring (bicyclic) bond motifs is 7. The van der Waals surface area contributed by atoms with Gasteiger partial charge in [0.15, 0.2) is 0 Å². The van der Waals surface area contributed by atoms with E-state index in [9.17, 15) is 17.6 Å². The largest absolute Gasteiger partial charge is 0.497 e. The van der Waals surface area contributed by atoms with Gasteiger partial charge in [0.2, 0.25) is 15.9 Å². The van der Waals surface area contributed by atoms with Gasteiger partial charge in [-0.2, -0.15) is 0 Å². The summed E-state index contributed by atoms with van der Waals surface area (Å²) in [7, 11) is -0.596. The van der Waals surface area contributed by atoms with E-state index in [1.165, 1.54) is 30.2 Å². The van der Waals surface area contributed by atoms with E-state index in [1.807, 2.05) is 19.2 Å². The zero-order chi connectivity index (χ0) is 36.4. The molecule has 52 heavy (non-hydrogen) atoms. The van der Waals surface area contributed by atoms with Crippen LogP contribution in [0.25, 0.3) is 22.2 Å². The number of hydrogen-bond donors (Lipinski definition) is 2. The second kappa shape index (κ2) is 13.3. The number of rotatable bonds is 9. The minimum absolute atomic E-state index is 0.0114. The van der Waals surface area contributed by atoms with Crippen molar-refractivity contribution in [3.8, 4) is 17.0 Å². The number of hydrogen-bond acceptors (Lipinski definition) is 6. The molecule has 3 heterocycles. The molecular weight excluding hydrogens is 680 g/mol. The van der Waals surface area contributed by atoms with Gasteiger partial charge in [-0.1, -0.05) is 43.5 Å². The Kier molecular flexibility index (Phi) is 8.93. The van der Waals surface area contributed by atoms with Crippen LogP contribution in [0.3, 0.4) is 0 Å². The van der Waals surface area contributed by atoms with E-state index in [0.717, 1.165) is 78.5 Å². The third-order valence-electron chi connectivity index (χ3n) is 12.2. The summed E-state index contributed by atoms with van der Waals surface area (Å²) in [5.41, 5.74) is 4.87. The molecule has 4 aromatic rings. The number of benzene rings is 3. The highest BCUT2D eigenvalue weighted by molar-refractivity contribution is 7.89. The Bertz CT molecular complexity index is 2170. The molecule has 2 aliphatic carbocycles. The van der Waals surface area contributed by atoms with Crippen molar-refractivity contribution in [2.45, 2.75) is 94.5 Å². The standard InChI is InChI=1S/C41H47FN4O5S/c1-25-13-15-29(22-43-2)46(25)40(48)41-21-34(41)33-20-30(51-3)16-18-31(33)38-37(26-9-5-4-6-10-26)32-17-14-27(19-36(32)45(38)24-41)39(47)44-52(49,50)23-28-11-7-8-12-35(28)42/h7-8,11-12,14,16-20,25-26,29,34,43H,4-6,9-10,13,15,21-24H2,1-3H3,(H,44,47). The number of carbonyl (C=O) groups excluding carboxylic acids is 2. The smallest absolute Gasteiger partial charge is 0.264 e. The summed E-state index contributed by atoms with van der Waals surface area (Å²) in [6.07, 6.45) is 8.22. The van der Waals surface area contributed by atoms with Crippen LogP contribution in [0.5, 0.6) is 5.75 Å². The highest BCUT2D eigenvalue weighted by Gasteiger charge is 2.65. The molecule has 8 rings (SSSR count). The van der Waals surface area contributed by atoms with Crippen molar-refractivity contribution < 1.29 is 27.1 Å². The Hall–Kier alpha value is -4.22. The molecule has 2 N–H and O–H groups in total. The van der Waals surface area contributed by atoms with E-state index in [2.05, 4.69) is 38.6 Å². The fourth-order valence-electron chi connectivity index (χ4n) is 9.61. The van der Waals surface area contributed by atoms with Crippen LogP contribution in [0, 0.1) is 11.2 Å². The molecule has 2 saturated carbocycles. The second-order valence-corrected chi connectivity index (χ2v) is 17.1. The average molecular weight is 727 g/mol. The quantitative estimate of drug-likeness (QED) is 0.195. The number of sulfonamides is 1. The number of amides is 2. The number of carbonyl (C=O) groups is 2. The number of halogens is 1. The Morgan fingerprint density at radius 2 is 1.79 bits per heavy atom. The van der Waals surface area contributed by atoms with Crippen molar-refractivity contribution in [2.75, 3.05) is 20.7 Å². The summed E-state index contributed by atoms with van der Waals surface area (Å²) in [6.45, 7) is 3.35. The molecule has 2 aliphatic heterocycles. The molecular formula is C41H47FN4O5S. The van der Waals surface area contributed by atoms with Gasteiger partial charge in [-0.15, -0.1) is 0 Å². The van der Waals surface area contributed by atoms with Crippen LogP contribution in [0.1, 0.15) is 97.2 Å². The fraction of sp³-hybridized carbons (Fsp3) is 0.463. The Balaban J connectivity index is 1.27. The predicted octanol–water partition coefficient (Wildman–Crippen LogP) is 6.85. The SMILES string of the molecule is CNCC1CCC(C)N1C(=O)C12CC1c1cc(OC)ccc1-c1c(C3CCCCC3)c3ccc(C(=O)NS(=O)(=O)Cc4ccccc4F)cc3n1C2. The summed E-state index contributed by atoms with van der Waals surface area (Å²) < 4.78 is 50.7. The van der Waals surface area contributed by atoms with Gasteiger partial charge in [-0.3, -0.25) is 9.59 Å². The van der Waals surface area contributed by atoms with E-state index < -0.39 is 32.9 Å². The lowest BCUT2D eigenvalue weighted by Gasteiger charge is -2.33. The molecule has 4 atom stereocenters. The molecule has 3 fully saturated rings. The maximum atomic E-state index is 15.0. The maximum absolute atomic E-state index is 15.0. The zero-order valence-electron chi connectivity index (χ0n) is 30.1. The van der Waals surface area contributed by atoms with Gasteiger partial charge in [0.1, 0.15) is 11.6 Å². The Morgan fingerprint density at radius 3 is 2.54 bits per heavy atom. The summed E-state index contributed by atoms with van der Waals surface area (Å²) in [4.78, 5) is 30.8. The number of nitrogens with zero attached hydrogens (tertiary/aromatic N) is 2. The van der Waals surface area contributed by atoms with Crippen molar-refractivity contribution in [3.63, 3.8) is 0 Å². The number of likely N-dealkylation sites (N-methyl/N-ethyl adjacent to an activating group) is 1. The lowest BCUT2D eigenvalue weighted by atomic mass is 9.81. The summed E-state index contributed by atoms with van der Waals surface area (Å²) in [6, 6.07) is 17.6. The monoisotopic (exact) mass is 726 g/mol. The third kappa shape index (κ3) is 5.90. The molecule has 4 unspecified atom stereocenters. The van der Waals surface area contributed by atoms with Gasteiger partial charge in [0.05, 0.1) is 24.0 Å². The molecule has 1 saturated heterocycles. The van der Waals surface area contributed by atoms with Crippen LogP contribution in [0.15, 0.2) is 60.7 Å². The third-order valence-corrected chi connectivity index (χ3v) is 13.4. The van der Waals surface area contributed by atoms with E-state index in [-0.39, 0.29) is 35.0 Å². The maximum Gasteiger partial charge on any atom is 0.264 e. The highest BCUT2D eigenvalue weighted by atomic mass is 32.2. The molecule has 274 valence electrons. The van der Waals surface area contributed by atoms with Gasteiger partial charge >= 0.3 is 0 Å². The number of ether oxygens (including phenoxy) is 1. The second-order valence-electron chi connectivity index (χ2n) is 15.4. The van der Waals surface area contributed by atoms with Crippen molar-refractivity contribution in [1.82, 2.24) is 19.5 Å². The van der Waals surface area contributed by atoms with Crippen molar-refractivity contribution >= 4 is 32.7 Å². The first-order valence-electron chi connectivity index (χ1n) is 18.6. The first-order chi connectivity index (χ1) is 25.0. The van der Waals surface area contributed by atoms with Crippen LogP contribution < -0.4 is 14.8 Å². The van der Waals surface area contributed by atoms with E-state index >= 15 is 4.79 Å². The molecule has 1 aromatic heterocycles. The van der Waals surface area contributed by atoms with Crippen LogP contribution in [-0.2, 0) is 27.1 Å². The average Bonchev–Trinajstić information content (AvgIpc) is 3.67. The van der Waals surface area contributed by atoms with Gasteiger partial charge in [-0.05, 0) is 99.5 Å². The van der Waals surface area contributed by atoms with E-state index in [1.54, 1.807) is 25.3 Å². The lowest BCUT2D eigenvalue weighted by molar-refractivity contribution is -0.140. The molecule has 0 bridgehead atoms. The number of likely N-dealkylation sites (tertiary alicyclic amines) is 1. The summed E-state index contributed by atoms with van der Waals surface area (Å²) in [5.74, 6) is -0.820. The first-order valence-corrected chi connectivity index (χ1v) is 20.3. The van der Waals surface area contributed by atoms with Crippen LogP contribution in [0.4, 0.5) is 4.39 Å². The fourth-order valence-corrected chi connectivity index (χ4v) is 10.7. The first kappa shape index (κ1) is 34.8. The molecule has 11 heteroatoms. The van der Waals surface area contributed by atoms with Gasteiger partial charge in [-0.25, -0.2) is 17.5 Å². The normalized spacial score (nSPS) is 24.2. The zero-order valence-corrected chi connectivity index (χ0v) is 30.9. The van der Waals surface area contributed by atoms with Crippen molar-refractivity contribution in [3.05, 3.63) is 88.7 Å². The lowest BCUT2D eigenvalue weighted by Crippen LogP contribution is -2.48. The summed E-state index contributed by atoms with van der Waals surface area (Å²) in [5, 5.41) is 4.33. The highest BCUT2D eigenvalue weighted by Crippen LogP contribution is 2.66. The minimum Gasteiger partial charge on any atom is -0.497 e. The number of nitrogens with one attached hydrogen (secondary N) is 2. The van der Waals surface area contributed by atoms with E-state index in [0.29, 0.717) is 18.9 Å². The molecule has 9 nitrogen and oxygen atoms in total. The van der Waals surface area contributed by atoms with Crippen molar-refractivity contribution in [1.29, 1.82) is 0 Å².